The first-order valence-electron chi connectivity index (χ1n) is 11.6. The number of ether oxygens (including phenoxy) is 3. The van der Waals surface area contributed by atoms with Gasteiger partial charge in [0.2, 0.25) is 0 Å². The summed E-state index contributed by atoms with van der Waals surface area (Å²) >= 11 is 0. The predicted molar refractivity (Wildman–Crippen MR) is 128 cm³/mol. The molecule has 0 spiro atoms. The van der Waals surface area contributed by atoms with Crippen molar-refractivity contribution in [2.75, 3.05) is 19.8 Å². The normalized spacial score (nSPS) is 13.7. The zero-order chi connectivity index (χ0) is 25.2. The van der Waals surface area contributed by atoms with Gasteiger partial charge in [0.15, 0.2) is 5.60 Å². The van der Waals surface area contributed by atoms with Crippen LogP contribution < -0.4 is 5.56 Å². The van der Waals surface area contributed by atoms with Gasteiger partial charge in [0, 0.05) is 28.7 Å². The van der Waals surface area contributed by atoms with Gasteiger partial charge in [0.25, 0.3) is 5.56 Å². The number of fused-ring (bicyclic) bond motifs is 4. The van der Waals surface area contributed by atoms with E-state index in [0.29, 0.717) is 18.0 Å². The van der Waals surface area contributed by atoms with Gasteiger partial charge in [-0.25, -0.2) is 9.78 Å². The monoisotopic (exact) mass is 480 g/mol. The van der Waals surface area contributed by atoms with E-state index in [2.05, 4.69) is 0 Å². The molecule has 0 radical (unpaired) electrons. The van der Waals surface area contributed by atoms with E-state index in [1.54, 1.807) is 31.4 Å². The van der Waals surface area contributed by atoms with E-state index in [1.807, 2.05) is 30.3 Å². The minimum absolute atomic E-state index is 0.0228. The molecule has 184 valence electrons. The topological polar surface area (TPSA) is 117 Å². The van der Waals surface area contributed by atoms with Crippen LogP contribution in [-0.2, 0) is 42.6 Å². The van der Waals surface area contributed by atoms with E-state index >= 15 is 0 Å². The minimum Gasteiger partial charge on any atom is -0.466 e. The molecule has 9 nitrogen and oxygen atoms in total. The smallest absolute Gasteiger partial charge is 0.343 e. The number of aliphatic hydroxyl groups is 1. The van der Waals surface area contributed by atoms with Crippen molar-refractivity contribution < 1.29 is 28.9 Å². The molecule has 0 bridgehead atoms. The van der Waals surface area contributed by atoms with Crippen LogP contribution in [0.2, 0.25) is 0 Å². The van der Waals surface area contributed by atoms with Crippen LogP contribution >= 0.6 is 0 Å². The number of rotatable bonds is 9. The molecule has 1 aliphatic rings. The number of pyridine rings is 2. The van der Waals surface area contributed by atoms with Gasteiger partial charge in [-0.05, 0) is 39.0 Å². The van der Waals surface area contributed by atoms with Crippen molar-refractivity contribution in [2.45, 2.75) is 45.9 Å². The number of para-hydroxylation sites is 1. The lowest BCUT2D eigenvalue weighted by molar-refractivity contribution is -0.173. The first-order chi connectivity index (χ1) is 16.8. The highest BCUT2D eigenvalue weighted by molar-refractivity contribution is 5.88. The second-order valence-electron chi connectivity index (χ2n) is 8.20. The average molecular weight is 481 g/mol. The maximum Gasteiger partial charge on any atom is 0.343 e. The third kappa shape index (κ3) is 4.44. The molecule has 1 atom stereocenters. The van der Waals surface area contributed by atoms with Crippen LogP contribution in [0, 0.1) is 0 Å². The third-order valence-electron chi connectivity index (χ3n) is 5.99. The molecule has 4 rings (SSSR count). The molecule has 0 saturated heterocycles. The molecular formula is C26H28N2O7. The Balaban J connectivity index is 1.96. The Morgan fingerprint density at radius 1 is 1.09 bits per heavy atom. The molecule has 1 unspecified atom stereocenters. The van der Waals surface area contributed by atoms with Gasteiger partial charge in [-0.1, -0.05) is 18.2 Å². The Morgan fingerprint density at radius 3 is 2.54 bits per heavy atom. The summed E-state index contributed by atoms with van der Waals surface area (Å²) in [4.78, 5) is 43.8. The van der Waals surface area contributed by atoms with E-state index in [-0.39, 0.29) is 37.5 Å². The molecule has 1 aromatic carbocycles. The van der Waals surface area contributed by atoms with Gasteiger partial charge in [-0.2, -0.15) is 0 Å². The van der Waals surface area contributed by atoms with Gasteiger partial charge in [-0.15, -0.1) is 0 Å². The van der Waals surface area contributed by atoms with E-state index in [9.17, 15) is 19.5 Å². The SMILES string of the molecule is CCOCc1c(C(O)(CC(=O)OCC)C(=O)OCC)cc2n(c1=O)Cc1cc3ccccc3nc1-2. The van der Waals surface area contributed by atoms with Crippen molar-refractivity contribution >= 4 is 22.8 Å². The standard InChI is InChI=1S/C26H28N2O7/c1-4-33-15-18-19(26(32,25(31)35-6-3)13-22(29)34-5-2)12-21-23-17(14-28(21)24(18)30)11-16-9-7-8-10-20(16)27-23/h7-12,32H,4-6,13-15H2,1-3H3. The molecular weight excluding hydrogens is 452 g/mol. The molecule has 0 amide bonds. The molecule has 9 heteroatoms. The third-order valence-corrected chi connectivity index (χ3v) is 5.99. The number of benzene rings is 1. The van der Waals surface area contributed by atoms with Gasteiger partial charge in [-0.3, -0.25) is 9.59 Å². The van der Waals surface area contributed by atoms with Gasteiger partial charge < -0.3 is 23.9 Å². The van der Waals surface area contributed by atoms with E-state index in [4.69, 9.17) is 19.2 Å². The molecule has 0 saturated carbocycles. The van der Waals surface area contributed by atoms with E-state index < -0.39 is 29.5 Å². The highest BCUT2D eigenvalue weighted by Gasteiger charge is 2.45. The quantitative estimate of drug-likeness (QED) is 0.364. The lowest BCUT2D eigenvalue weighted by Gasteiger charge is -2.28. The van der Waals surface area contributed by atoms with Crippen molar-refractivity contribution in [3.05, 3.63) is 63.4 Å². The van der Waals surface area contributed by atoms with Crippen molar-refractivity contribution in [3.63, 3.8) is 0 Å². The van der Waals surface area contributed by atoms with Crippen LogP contribution in [0.25, 0.3) is 22.3 Å². The molecule has 3 heterocycles. The Kier molecular flexibility index (Phi) is 7.00. The summed E-state index contributed by atoms with van der Waals surface area (Å²) in [5, 5.41) is 12.6. The molecule has 35 heavy (non-hydrogen) atoms. The zero-order valence-electron chi connectivity index (χ0n) is 20.0. The molecule has 1 N–H and O–H groups in total. The van der Waals surface area contributed by atoms with Crippen molar-refractivity contribution in [2.24, 2.45) is 0 Å². The van der Waals surface area contributed by atoms with Crippen LogP contribution in [0.4, 0.5) is 0 Å². The number of carbonyl (C=O) groups is 2. The number of hydrogen-bond donors (Lipinski definition) is 1. The second kappa shape index (κ2) is 9.97. The summed E-state index contributed by atoms with van der Waals surface area (Å²) < 4.78 is 17.2. The molecule has 3 aromatic rings. The van der Waals surface area contributed by atoms with Crippen molar-refractivity contribution in [3.8, 4) is 11.4 Å². The van der Waals surface area contributed by atoms with Crippen LogP contribution in [0.5, 0.6) is 0 Å². The highest BCUT2D eigenvalue weighted by Crippen LogP contribution is 2.37. The fraction of sp³-hybridized carbons (Fsp3) is 0.385. The number of hydrogen-bond acceptors (Lipinski definition) is 8. The summed E-state index contributed by atoms with van der Waals surface area (Å²) in [5.74, 6) is -1.84. The molecule has 2 aromatic heterocycles. The summed E-state index contributed by atoms with van der Waals surface area (Å²) in [7, 11) is 0. The fourth-order valence-corrected chi connectivity index (χ4v) is 4.38. The number of carbonyl (C=O) groups excluding carboxylic acids is 2. The largest absolute Gasteiger partial charge is 0.466 e. The second-order valence-corrected chi connectivity index (χ2v) is 8.20. The number of esters is 2. The summed E-state index contributed by atoms with van der Waals surface area (Å²) in [6.07, 6.45) is -0.709. The van der Waals surface area contributed by atoms with Crippen LogP contribution in [0.15, 0.2) is 41.2 Å². The maximum absolute atomic E-state index is 13.7. The molecule has 0 fully saturated rings. The molecule has 1 aliphatic heterocycles. The highest BCUT2D eigenvalue weighted by atomic mass is 16.6. The van der Waals surface area contributed by atoms with Crippen molar-refractivity contribution in [1.82, 2.24) is 9.55 Å². The van der Waals surface area contributed by atoms with Gasteiger partial charge >= 0.3 is 11.9 Å². The number of nitrogens with zero attached hydrogens (tertiary/aromatic N) is 2. The zero-order valence-corrected chi connectivity index (χ0v) is 20.0. The summed E-state index contributed by atoms with van der Waals surface area (Å²) in [5.41, 5.74) is -0.234. The van der Waals surface area contributed by atoms with Crippen LogP contribution in [0.3, 0.4) is 0 Å². The van der Waals surface area contributed by atoms with Crippen molar-refractivity contribution in [1.29, 1.82) is 0 Å². The van der Waals surface area contributed by atoms with E-state index in [0.717, 1.165) is 16.5 Å². The van der Waals surface area contributed by atoms with E-state index in [1.165, 1.54) is 0 Å². The predicted octanol–water partition coefficient (Wildman–Crippen LogP) is 2.67. The first kappa shape index (κ1) is 24.6. The Labute approximate surface area is 202 Å². The fourth-order valence-electron chi connectivity index (χ4n) is 4.38. The lowest BCUT2D eigenvalue weighted by atomic mass is 9.86. The van der Waals surface area contributed by atoms with Crippen LogP contribution in [0.1, 0.15) is 43.9 Å². The van der Waals surface area contributed by atoms with Gasteiger partial charge in [0.05, 0.1) is 49.7 Å². The lowest BCUT2D eigenvalue weighted by Crippen LogP contribution is -2.43. The number of aromatic nitrogens is 2. The Bertz CT molecular complexity index is 1350. The first-order valence-corrected chi connectivity index (χ1v) is 11.6. The Morgan fingerprint density at radius 2 is 1.83 bits per heavy atom. The minimum atomic E-state index is -2.44. The summed E-state index contributed by atoms with van der Waals surface area (Å²) in [6.45, 7) is 5.47. The summed E-state index contributed by atoms with van der Waals surface area (Å²) in [6, 6.07) is 11.1. The molecule has 0 aliphatic carbocycles. The van der Waals surface area contributed by atoms with Gasteiger partial charge in [0.1, 0.15) is 0 Å². The van der Waals surface area contributed by atoms with Crippen LogP contribution in [-0.4, -0.2) is 46.4 Å². The average Bonchev–Trinajstić information content (AvgIpc) is 3.19. The Hall–Kier alpha value is -3.56. The maximum atomic E-state index is 13.7.